The molecule has 1 aromatic carbocycles. The summed E-state index contributed by atoms with van der Waals surface area (Å²) in [6.45, 7) is 2.31. The molecule has 0 unspecified atom stereocenters. The van der Waals surface area contributed by atoms with Crippen LogP contribution in [-0.2, 0) is 0 Å². The smallest absolute Gasteiger partial charge is 0.145 e. The number of amidine groups is 1. The molecule has 1 aromatic rings. The minimum absolute atomic E-state index is 0.606. The van der Waals surface area contributed by atoms with Crippen molar-refractivity contribution in [1.29, 1.82) is 0 Å². The van der Waals surface area contributed by atoms with Crippen molar-refractivity contribution in [2.45, 2.75) is 0 Å². The average molecular weight is 398 g/mol. The van der Waals surface area contributed by atoms with Crippen LogP contribution in [0.3, 0.4) is 0 Å². The molecule has 6 rings (SSSR count). The Labute approximate surface area is 175 Å². The van der Waals surface area contributed by atoms with E-state index in [1.54, 1.807) is 12.6 Å². The summed E-state index contributed by atoms with van der Waals surface area (Å²) in [6, 6.07) is 7.86. The van der Waals surface area contributed by atoms with Gasteiger partial charge in [-0.25, -0.2) is 4.99 Å². The van der Waals surface area contributed by atoms with Crippen molar-refractivity contribution in [1.82, 2.24) is 15.1 Å². The second-order valence-corrected chi connectivity index (χ2v) is 7.01. The van der Waals surface area contributed by atoms with Gasteiger partial charge < -0.3 is 25.2 Å². The first-order valence-electron chi connectivity index (χ1n) is 9.88. The summed E-state index contributed by atoms with van der Waals surface area (Å²) in [5, 5.41) is 6.55. The molecule has 0 spiro atoms. The Morgan fingerprint density at radius 3 is 2.87 bits per heavy atom. The fourth-order valence-corrected chi connectivity index (χ4v) is 3.52. The van der Waals surface area contributed by atoms with Crippen molar-refractivity contribution in [3.05, 3.63) is 96.6 Å². The second kappa shape index (κ2) is 8.16. The molecule has 0 radical (unpaired) electrons. The van der Waals surface area contributed by atoms with E-state index >= 15 is 0 Å². The maximum Gasteiger partial charge on any atom is 0.145 e. The molecular weight excluding hydrogens is 376 g/mol. The van der Waals surface area contributed by atoms with E-state index in [1.165, 1.54) is 0 Å². The first-order chi connectivity index (χ1) is 14.9. The van der Waals surface area contributed by atoms with E-state index < -0.39 is 0 Å². The highest BCUT2D eigenvalue weighted by Crippen LogP contribution is 2.28. The lowest BCUT2D eigenvalue weighted by molar-refractivity contribution is 0.348. The van der Waals surface area contributed by atoms with Gasteiger partial charge in [-0.1, -0.05) is 18.2 Å². The molecule has 0 saturated heterocycles. The first-order valence-corrected chi connectivity index (χ1v) is 9.88. The Kier molecular flexibility index (Phi) is 4.91. The molecule has 0 aliphatic carbocycles. The van der Waals surface area contributed by atoms with Crippen LogP contribution < -0.4 is 15.4 Å². The molecule has 0 atom stereocenters. The topological polar surface area (TPSA) is 64.5 Å². The van der Waals surface area contributed by atoms with E-state index in [0.29, 0.717) is 6.54 Å². The second-order valence-electron chi connectivity index (χ2n) is 7.01. The first kappa shape index (κ1) is 18.1. The molecule has 5 aliphatic rings. The molecule has 0 fully saturated rings. The molecule has 4 bridgehead atoms. The van der Waals surface area contributed by atoms with E-state index in [9.17, 15) is 0 Å². The van der Waals surface area contributed by atoms with Gasteiger partial charge in [0.25, 0.3) is 0 Å². The fraction of sp³-hybridized carbons (Fsp3) is 0.130. The number of nitrogens with zero attached hydrogens (tertiary/aromatic N) is 4. The number of rotatable bonds is 0. The molecule has 0 saturated carbocycles. The minimum atomic E-state index is 0.606. The van der Waals surface area contributed by atoms with E-state index in [0.717, 1.165) is 47.3 Å². The van der Waals surface area contributed by atoms with Crippen molar-refractivity contribution in [3.8, 4) is 5.75 Å². The Balaban J connectivity index is 1.53. The monoisotopic (exact) mass is 398 g/mol. The van der Waals surface area contributed by atoms with Gasteiger partial charge in [-0.15, -0.1) is 0 Å². The van der Waals surface area contributed by atoms with Crippen LogP contribution in [-0.4, -0.2) is 41.6 Å². The number of benzene rings is 1. The highest BCUT2D eigenvalue weighted by Gasteiger charge is 2.28. The summed E-state index contributed by atoms with van der Waals surface area (Å²) in [4.78, 5) is 13.6. The third-order valence-corrected chi connectivity index (χ3v) is 5.03. The summed E-state index contributed by atoms with van der Waals surface area (Å²) >= 11 is 0. The Morgan fingerprint density at radius 1 is 0.967 bits per heavy atom. The van der Waals surface area contributed by atoms with Crippen LogP contribution in [0.2, 0.25) is 0 Å². The van der Waals surface area contributed by atoms with E-state index in [-0.39, 0.29) is 0 Å². The summed E-state index contributed by atoms with van der Waals surface area (Å²) in [7, 11) is 0. The van der Waals surface area contributed by atoms with Gasteiger partial charge in [0.05, 0.1) is 24.7 Å². The van der Waals surface area contributed by atoms with E-state index in [2.05, 4.69) is 49.0 Å². The van der Waals surface area contributed by atoms with Gasteiger partial charge in [0, 0.05) is 55.2 Å². The average Bonchev–Trinajstić information content (AvgIpc) is 3.21. The number of nitrogens with one attached hydrogen (secondary N) is 2. The number of allylic oxidation sites excluding steroid dienone is 4. The highest BCUT2D eigenvalue weighted by molar-refractivity contribution is 6.11. The standard InChI is InChI=1S/C23H22N6O/c1-2-4-13-30-20-7-5-6-19(14-20)24-15-18-16-25-22-21(18)23(27-17-26-22)29-11-9-28(8-3-1)10-12-29/h1-9,11,13-15,17,24H,10,12,16H2,(H,25,26,27). The van der Waals surface area contributed by atoms with Crippen LogP contribution in [0, 0.1) is 0 Å². The zero-order valence-electron chi connectivity index (χ0n) is 16.4. The van der Waals surface area contributed by atoms with Crippen LogP contribution >= 0.6 is 0 Å². The Morgan fingerprint density at radius 2 is 1.93 bits per heavy atom. The molecule has 150 valence electrons. The third kappa shape index (κ3) is 3.77. The minimum Gasteiger partial charge on any atom is -0.465 e. The predicted octanol–water partition coefficient (Wildman–Crippen LogP) is 3.30. The van der Waals surface area contributed by atoms with E-state index in [1.807, 2.05) is 54.8 Å². The highest BCUT2D eigenvalue weighted by atomic mass is 16.5. The van der Waals surface area contributed by atoms with Crippen LogP contribution in [0.15, 0.2) is 107 Å². The van der Waals surface area contributed by atoms with Crippen LogP contribution in [0.4, 0.5) is 5.69 Å². The lowest BCUT2D eigenvalue weighted by atomic mass is 10.1. The normalized spacial score (nSPS) is 19.9. The van der Waals surface area contributed by atoms with Crippen LogP contribution in [0.1, 0.15) is 0 Å². The maximum absolute atomic E-state index is 5.70. The predicted molar refractivity (Wildman–Crippen MR) is 120 cm³/mol. The van der Waals surface area contributed by atoms with Gasteiger partial charge in [-0.3, -0.25) is 4.99 Å². The number of hydrogen-bond acceptors (Lipinski definition) is 7. The Bertz CT molecular complexity index is 1070. The molecular formula is C23H22N6O. The number of anilines is 1. The zero-order valence-corrected chi connectivity index (χ0v) is 16.4. The molecule has 2 N–H and O–H groups in total. The molecule has 0 amide bonds. The summed E-state index contributed by atoms with van der Waals surface area (Å²) < 4.78 is 5.70. The lowest BCUT2D eigenvalue weighted by Crippen LogP contribution is -2.36. The summed E-state index contributed by atoms with van der Waals surface area (Å²) in [5.74, 6) is 2.54. The number of aliphatic imine (C=N–C) groups is 2. The zero-order chi connectivity index (χ0) is 20.2. The summed E-state index contributed by atoms with van der Waals surface area (Å²) in [5.41, 5.74) is 3.07. The van der Waals surface area contributed by atoms with Crippen molar-refractivity contribution < 1.29 is 4.74 Å². The van der Waals surface area contributed by atoms with Gasteiger partial charge in [0.2, 0.25) is 0 Å². The van der Waals surface area contributed by atoms with Gasteiger partial charge in [0.1, 0.15) is 17.4 Å². The van der Waals surface area contributed by atoms with Crippen molar-refractivity contribution in [2.24, 2.45) is 9.98 Å². The maximum atomic E-state index is 5.70. The van der Waals surface area contributed by atoms with Crippen LogP contribution in [0.5, 0.6) is 5.75 Å². The fourth-order valence-electron chi connectivity index (χ4n) is 3.52. The molecule has 7 heteroatoms. The Hall–Kier alpha value is -4.00. The van der Waals surface area contributed by atoms with Gasteiger partial charge in [-0.05, 0) is 24.3 Å². The van der Waals surface area contributed by atoms with E-state index in [4.69, 9.17) is 4.74 Å². The SMILES string of the molecule is C1=CC=CN2C=CN(CC2)C2=C3C(=CNc4cccc(c4)OC=C1)CN=C3NC=N2. The number of fused-ring (bicyclic) bond motifs is 5. The van der Waals surface area contributed by atoms with Gasteiger partial charge in [0.15, 0.2) is 0 Å². The molecule has 7 nitrogen and oxygen atoms in total. The molecule has 30 heavy (non-hydrogen) atoms. The lowest BCUT2D eigenvalue weighted by Gasteiger charge is -2.31. The van der Waals surface area contributed by atoms with Crippen molar-refractivity contribution in [3.63, 3.8) is 0 Å². The van der Waals surface area contributed by atoms with Crippen molar-refractivity contribution in [2.75, 3.05) is 25.0 Å². The van der Waals surface area contributed by atoms with Gasteiger partial charge >= 0.3 is 0 Å². The summed E-state index contributed by atoms with van der Waals surface area (Å²) in [6.07, 6.45) is 19.4. The number of hydrogen-bond donors (Lipinski definition) is 2. The van der Waals surface area contributed by atoms with Gasteiger partial charge in [-0.2, -0.15) is 0 Å². The quantitative estimate of drug-likeness (QED) is 0.702. The van der Waals surface area contributed by atoms with Crippen LogP contribution in [0.25, 0.3) is 0 Å². The van der Waals surface area contributed by atoms with Crippen molar-refractivity contribution >= 4 is 17.9 Å². The molecule has 0 aromatic heterocycles. The number of ether oxygens (including phenoxy) is 1. The molecule has 5 heterocycles. The third-order valence-electron chi connectivity index (χ3n) is 5.03. The largest absolute Gasteiger partial charge is 0.465 e. The molecule has 5 aliphatic heterocycles.